The lowest BCUT2D eigenvalue weighted by molar-refractivity contribution is -0.140. The molecule has 1 atom stereocenters. The lowest BCUT2D eigenvalue weighted by atomic mass is 9.95. The number of aliphatic hydroxyl groups is 1. The third-order valence-electron chi connectivity index (χ3n) is 5.41. The van der Waals surface area contributed by atoms with E-state index < -0.39 is 23.5 Å². The van der Waals surface area contributed by atoms with Crippen molar-refractivity contribution in [3.8, 4) is 11.5 Å². The summed E-state index contributed by atoms with van der Waals surface area (Å²) < 4.78 is 16.2. The molecule has 1 aliphatic rings. The van der Waals surface area contributed by atoms with Crippen LogP contribution in [0.15, 0.2) is 64.8 Å². The van der Waals surface area contributed by atoms with Crippen molar-refractivity contribution < 1.29 is 28.6 Å². The highest BCUT2D eigenvalue weighted by Crippen LogP contribution is 2.43. The molecule has 1 fully saturated rings. The van der Waals surface area contributed by atoms with E-state index in [1.165, 1.54) is 30.4 Å². The van der Waals surface area contributed by atoms with Crippen molar-refractivity contribution in [2.45, 2.75) is 19.5 Å². The average Bonchev–Trinajstić information content (AvgIpc) is 3.41. The first-order chi connectivity index (χ1) is 16.3. The first kappa shape index (κ1) is 23.7. The molecule has 4 rings (SSSR count). The van der Waals surface area contributed by atoms with Gasteiger partial charge in [0.05, 0.1) is 48.2 Å². The highest BCUT2D eigenvalue weighted by Gasteiger charge is 2.46. The average molecular weight is 502 g/mol. The van der Waals surface area contributed by atoms with Crippen molar-refractivity contribution in [1.29, 1.82) is 0 Å². The molecule has 1 unspecified atom stereocenters. The Bertz CT molecular complexity index is 1250. The van der Waals surface area contributed by atoms with Crippen LogP contribution in [0.5, 0.6) is 11.5 Å². The molecule has 1 N–H and O–H groups in total. The molecule has 176 valence electrons. The number of halogens is 2. The second-order valence-corrected chi connectivity index (χ2v) is 8.30. The largest absolute Gasteiger partial charge is 0.507 e. The van der Waals surface area contributed by atoms with Crippen molar-refractivity contribution in [3.05, 3.63) is 87.3 Å². The van der Waals surface area contributed by atoms with Gasteiger partial charge in [0.1, 0.15) is 17.3 Å². The molecule has 7 nitrogen and oxygen atoms in total. The fraction of sp³-hybridized carbons (Fsp3) is 0.200. The van der Waals surface area contributed by atoms with Crippen molar-refractivity contribution in [2.24, 2.45) is 0 Å². The summed E-state index contributed by atoms with van der Waals surface area (Å²) in [5.41, 5.74) is 0.671. The zero-order chi connectivity index (χ0) is 24.4. The maximum Gasteiger partial charge on any atom is 0.296 e. The molecule has 2 heterocycles. The molecule has 0 saturated carbocycles. The first-order valence-corrected chi connectivity index (χ1v) is 11.2. The number of Topliss-reactive ketones (excluding diaryl/α,β-unsaturated/α-hetero) is 1. The molecule has 1 aliphatic heterocycles. The summed E-state index contributed by atoms with van der Waals surface area (Å²) in [7, 11) is 1.41. The summed E-state index contributed by atoms with van der Waals surface area (Å²) in [6.07, 6.45) is 1.48. The standard InChI is InChI=1S/C25H21Cl2NO6/c1-3-33-16-7-4-6-14(10-16)21-20(22(29)15-11-18(26)24(32-2)19(27)12-15)23(30)25(31)28(21)13-17-8-5-9-34-17/h4-12,21,29H,3,13H2,1-2H3/b22-20+. The zero-order valence-electron chi connectivity index (χ0n) is 18.4. The topological polar surface area (TPSA) is 89.2 Å². The second kappa shape index (κ2) is 9.83. The number of ether oxygens (including phenoxy) is 2. The van der Waals surface area contributed by atoms with Crippen LogP contribution in [0.25, 0.3) is 5.76 Å². The van der Waals surface area contributed by atoms with Crippen molar-refractivity contribution in [2.75, 3.05) is 13.7 Å². The van der Waals surface area contributed by atoms with Crippen LogP contribution in [-0.2, 0) is 16.1 Å². The van der Waals surface area contributed by atoms with Crippen LogP contribution < -0.4 is 9.47 Å². The second-order valence-electron chi connectivity index (χ2n) is 7.49. The third-order valence-corrected chi connectivity index (χ3v) is 5.97. The number of nitrogens with zero attached hydrogens (tertiary/aromatic N) is 1. The highest BCUT2D eigenvalue weighted by molar-refractivity contribution is 6.46. The number of hydrogen-bond donors (Lipinski definition) is 1. The number of carbonyl (C=O) groups excluding carboxylic acids is 2. The lowest BCUT2D eigenvalue weighted by Crippen LogP contribution is -2.29. The summed E-state index contributed by atoms with van der Waals surface area (Å²) >= 11 is 12.5. The van der Waals surface area contributed by atoms with Gasteiger partial charge in [0, 0.05) is 5.56 Å². The van der Waals surface area contributed by atoms with Gasteiger partial charge in [-0.1, -0.05) is 35.3 Å². The molecule has 0 spiro atoms. The number of likely N-dealkylation sites (tertiary alicyclic amines) is 1. The Labute approximate surface area is 206 Å². The number of furan rings is 1. The van der Waals surface area contributed by atoms with Crippen LogP contribution in [-0.4, -0.2) is 35.4 Å². The van der Waals surface area contributed by atoms with Crippen molar-refractivity contribution >= 4 is 40.7 Å². The van der Waals surface area contributed by atoms with Crippen LogP contribution in [0.2, 0.25) is 10.0 Å². The number of aliphatic hydroxyl groups excluding tert-OH is 1. The number of amides is 1. The van der Waals surface area contributed by atoms with Gasteiger partial charge in [-0.2, -0.15) is 0 Å². The minimum absolute atomic E-state index is 0.0298. The Morgan fingerprint density at radius 1 is 1.12 bits per heavy atom. The van der Waals surface area contributed by atoms with E-state index in [1.54, 1.807) is 36.4 Å². The van der Waals surface area contributed by atoms with E-state index >= 15 is 0 Å². The number of methoxy groups -OCH3 is 1. The normalized spacial score (nSPS) is 17.3. The van der Waals surface area contributed by atoms with Gasteiger partial charge in [0.25, 0.3) is 11.7 Å². The number of rotatable bonds is 7. The molecule has 0 aliphatic carbocycles. The molecular weight excluding hydrogens is 481 g/mol. The Morgan fingerprint density at radius 2 is 1.85 bits per heavy atom. The summed E-state index contributed by atoms with van der Waals surface area (Å²) in [4.78, 5) is 27.6. The van der Waals surface area contributed by atoms with Gasteiger partial charge < -0.3 is 23.9 Å². The summed E-state index contributed by atoms with van der Waals surface area (Å²) in [6.45, 7) is 2.33. The van der Waals surface area contributed by atoms with E-state index in [0.29, 0.717) is 23.7 Å². The van der Waals surface area contributed by atoms with E-state index in [0.717, 1.165) is 0 Å². The molecular formula is C25H21Cl2NO6. The van der Waals surface area contributed by atoms with E-state index in [9.17, 15) is 14.7 Å². The van der Waals surface area contributed by atoms with Gasteiger partial charge >= 0.3 is 0 Å². The van der Waals surface area contributed by atoms with Crippen LogP contribution in [0, 0.1) is 0 Å². The molecule has 1 amide bonds. The zero-order valence-corrected chi connectivity index (χ0v) is 19.9. The SMILES string of the molecule is CCOc1cccc(C2/C(=C(\O)c3cc(Cl)c(OC)c(Cl)c3)C(=O)C(=O)N2Cc2ccco2)c1. The van der Waals surface area contributed by atoms with E-state index in [2.05, 4.69) is 0 Å². The van der Waals surface area contributed by atoms with Crippen molar-refractivity contribution in [3.63, 3.8) is 0 Å². The molecule has 1 aromatic heterocycles. The molecule has 1 saturated heterocycles. The molecule has 34 heavy (non-hydrogen) atoms. The Kier molecular flexibility index (Phi) is 6.86. The number of hydrogen-bond acceptors (Lipinski definition) is 6. The lowest BCUT2D eigenvalue weighted by Gasteiger charge is -2.25. The summed E-state index contributed by atoms with van der Waals surface area (Å²) in [6, 6.07) is 12.4. The summed E-state index contributed by atoms with van der Waals surface area (Å²) in [5.74, 6) is -0.713. The third kappa shape index (κ3) is 4.36. The molecule has 0 bridgehead atoms. The van der Waals surface area contributed by atoms with E-state index in [1.807, 2.05) is 6.92 Å². The fourth-order valence-electron chi connectivity index (χ4n) is 3.95. The molecule has 2 aromatic carbocycles. The number of ketones is 1. The number of carbonyl (C=O) groups is 2. The van der Waals surface area contributed by atoms with Gasteiger partial charge in [0.2, 0.25) is 0 Å². The summed E-state index contributed by atoms with van der Waals surface area (Å²) in [5, 5.41) is 11.5. The van der Waals surface area contributed by atoms with Crippen LogP contribution in [0.4, 0.5) is 0 Å². The smallest absolute Gasteiger partial charge is 0.296 e. The van der Waals surface area contributed by atoms with Gasteiger partial charge in [-0.15, -0.1) is 0 Å². The maximum absolute atomic E-state index is 13.2. The van der Waals surface area contributed by atoms with Gasteiger partial charge in [-0.05, 0) is 48.9 Å². The Morgan fingerprint density at radius 3 is 2.47 bits per heavy atom. The maximum atomic E-state index is 13.2. The number of benzene rings is 2. The van der Waals surface area contributed by atoms with Crippen LogP contribution in [0.3, 0.4) is 0 Å². The Balaban J connectivity index is 1.89. The van der Waals surface area contributed by atoms with Crippen molar-refractivity contribution in [1.82, 2.24) is 4.90 Å². The van der Waals surface area contributed by atoms with Gasteiger partial charge in [-0.25, -0.2) is 0 Å². The fourth-order valence-corrected chi connectivity index (χ4v) is 4.59. The quantitative estimate of drug-likeness (QED) is 0.257. The first-order valence-electron chi connectivity index (χ1n) is 10.4. The molecule has 0 radical (unpaired) electrons. The van der Waals surface area contributed by atoms with Gasteiger partial charge in [-0.3, -0.25) is 9.59 Å². The predicted octanol–water partition coefficient (Wildman–Crippen LogP) is 5.62. The molecule has 3 aromatic rings. The Hall–Kier alpha value is -3.42. The van der Waals surface area contributed by atoms with Crippen LogP contribution in [0.1, 0.15) is 29.9 Å². The van der Waals surface area contributed by atoms with Gasteiger partial charge in [0.15, 0.2) is 5.75 Å². The predicted molar refractivity (Wildman–Crippen MR) is 127 cm³/mol. The monoisotopic (exact) mass is 501 g/mol. The molecule has 9 heteroatoms. The van der Waals surface area contributed by atoms with E-state index in [4.69, 9.17) is 37.1 Å². The minimum atomic E-state index is -0.898. The van der Waals surface area contributed by atoms with Crippen LogP contribution >= 0.6 is 23.2 Å². The minimum Gasteiger partial charge on any atom is -0.507 e. The van der Waals surface area contributed by atoms with E-state index in [-0.39, 0.29) is 33.5 Å². The highest BCUT2D eigenvalue weighted by atomic mass is 35.5.